The third kappa shape index (κ3) is 2.01. The van der Waals surface area contributed by atoms with Crippen LogP contribution in [0.15, 0.2) is 12.1 Å². The molecular formula is C15H23N3. The van der Waals surface area contributed by atoms with Crippen LogP contribution in [-0.2, 0) is 0 Å². The molecule has 0 spiro atoms. The molecule has 0 unspecified atom stereocenters. The molecule has 2 saturated heterocycles. The Kier molecular flexibility index (Phi) is 3.02. The van der Waals surface area contributed by atoms with Crippen LogP contribution in [0.3, 0.4) is 0 Å². The lowest BCUT2D eigenvalue weighted by Crippen LogP contribution is -2.34. The van der Waals surface area contributed by atoms with Crippen molar-refractivity contribution in [3.05, 3.63) is 23.4 Å². The maximum atomic E-state index is 4.87. The normalized spacial score (nSPS) is 27.0. The van der Waals surface area contributed by atoms with Gasteiger partial charge in [-0.15, -0.1) is 0 Å². The van der Waals surface area contributed by atoms with Gasteiger partial charge in [0.25, 0.3) is 0 Å². The van der Waals surface area contributed by atoms with E-state index in [1.807, 2.05) is 0 Å². The Hall–Kier alpha value is -1.09. The second-order valence-electron chi connectivity index (χ2n) is 6.05. The van der Waals surface area contributed by atoms with E-state index in [1.54, 1.807) is 0 Å². The van der Waals surface area contributed by atoms with Gasteiger partial charge in [-0.25, -0.2) is 4.98 Å². The van der Waals surface area contributed by atoms with E-state index in [-0.39, 0.29) is 0 Å². The molecule has 3 heteroatoms. The standard InChI is InChI=1S/C15H23N3/c1-10(2)13-6-11(3)7-15(17-13)18-5-4-12-8-16-9-14(12)18/h6-7,10,12,14,16H,4-5,8-9H2,1-3H3/t12-,14+/m0/s1. The van der Waals surface area contributed by atoms with E-state index in [0.717, 1.165) is 12.5 Å². The molecule has 98 valence electrons. The van der Waals surface area contributed by atoms with E-state index in [1.165, 1.54) is 36.6 Å². The van der Waals surface area contributed by atoms with Gasteiger partial charge in [0.1, 0.15) is 5.82 Å². The van der Waals surface area contributed by atoms with Crippen LogP contribution in [0.2, 0.25) is 0 Å². The summed E-state index contributed by atoms with van der Waals surface area (Å²) in [5.74, 6) is 2.52. The zero-order valence-corrected chi connectivity index (χ0v) is 11.6. The van der Waals surface area contributed by atoms with Crippen molar-refractivity contribution in [2.24, 2.45) is 5.92 Å². The summed E-state index contributed by atoms with van der Waals surface area (Å²) >= 11 is 0. The van der Waals surface area contributed by atoms with Gasteiger partial charge in [0.05, 0.1) is 0 Å². The molecular weight excluding hydrogens is 222 g/mol. The van der Waals surface area contributed by atoms with Crippen LogP contribution in [0.25, 0.3) is 0 Å². The van der Waals surface area contributed by atoms with Gasteiger partial charge in [0.2, 0.25) is 0 Å². The van der Waals surface area contributed by atoms with Crippen LogP contribution in [-0.4, -0.2) is 30.7 Å². The third-order valence-electron chi connectivity index (χ3n) is 4.31. The fourth-order valence-electron chi connectivity index (χ4n) is 3.25. The number of anilines is 1. The number of aromatic nitrogens is 1. The van der Waals surface area contributed by atoms with Crippen molar-refractivity contribution >= 4 is 5.82 Å². The lowest BCUT2D eigenvalue weighted by atomic mass is 10.0. The van der Waals surface area contributed by atoms with Crippen LogP contribution >= 0.6 is 0 Å². The largest absolute Gasteiger partial charge is 0.352 e. The molecule has 0 radical (unpaired) electrons. The monoisotopic (exact) mass is 245 g/mol. The van der Waals surface area contributed by atoms with Gasteiger partial charge in [-0.3, -0.25) is 0 Å². The van der Waals surface area contributed by atoms with Crippen molar-refractivity contribution in [1.29, 1.82) is 0 Å². The Balaban J connectivity index is 1.92. The van der Waals surface area contributed by atoms with E-state index < -0.39 is 0 Å². The molecule has 3 rings (SSSR count). The van der Waals surface area contributed by atoms with Crippen LogP contribution in [0, 0.1) is 12.8 Å². The lowest BCUT2D eigenvalue weighted by Gasteiger charge is -2.25. The number of aryl methyl sites for hydroxylation is 1. The molecule has 2 fully saturated rings. The number of hydrogen-bond donors (Lipinski definition) is 1. The van der Waals surface area contributed by atoms with Gasteiger partial charge >= 0.3 is 0 Å². The Morgan fingerprint density at radius 3 is 2.94 bits per heavy atom. The van der Waals surface area contributed by atoms with Gasteiger partial charge in [0.15, 0.2) is 0 Å². The highest BCUT2D eigenvalue weighted by Gasteiger charge is 2.38. The topological polar surface area (TPSA) is 28.2 Å². The molecule has 3 heterocycles. The first-order valence-electron chi connectivity index (χ1n) is 7.11. The second-order valence-corrected chi connectivity index (χ2v) is 6.05. The van der Waals surface area contributed by atoms with Gasteiger partial charge < -0.3 is 10.2 Å². The summed E-state index contributed by atoms with van der Waals surface area (Å²) in [6, 6.07) is 5.13. The van der Waals surface area contributed by atoms with Crippen molar-refractivity contribution in [1.82, 2.24) is 10.3 Å². The summed E-state index contributed by atoms with van der Waals surface area (Å²) in [7, 11) is 0. The van der Waals surface area contributed by atoms with Crippen molar-refractivity contribution < 1.29 is 0 Å². The molecule has 3 nitrogen and oxygen atoms in total. The van der Waals surface area contributed by atoms with Gasteiger partial charge in [0, 0.05) is 31.4 Å². The van der Waals surface area contributed by atoms with E-state index in [0.29, 0.717) is 12.0 Å². The van der Waals surface area contributed by atoms with Crippen LogP contribution < -0.4 is 10.2 Å². The van der Waals surface area contributed by atoms with Crippen LogP contribution in [0.5, 0.6) is 0 Å². The molecule has 2 atom stereocenters. The summed E-state index contributed by atoms with van der Waals surface area (Å²) in [6.45, 7) is 10.1. The number of fused-ring (bicyclic) bond motifs is 1. The molecule has 0 amide bonds. The molecule has 2 aliphatic rings. The number of nitrogens with zero attached hydrogens (tertiary/aromatic N) is 2. The highest BCUT2D eigenvalue weighted by molar-refractivity contribution is 5.46. The lowest BCUT2D eigenvalue weighted by molar-refractivity contribution is 0.577. The molecule has 0 aliphatic carbocycles. The molecule has 0 bridgehead atoms. The number of nitrogens with one attached hydrogen (secondary N) is 1. The molecule has 2 aliphatic heterocycles. The van der Waals surface area contributed by atoms with Crippen molar-refractivity contribution in [3.8, 4) is 0 Å². The molecule has 18 heavy (non-hydrogen) atoms. The van der Waals surface area contributed by atoms with Crippen molar-refractivity contribution in [3.63, 3.8) is 0 Å². The first-order chi connectivity index (χ1) is 8.65. The summed E-state index contributed by atoms with van der Waals surface area (Å²) < 4.78 is 0. The Bertz CT molecular complexity index is 441. The fourth-order valence-corrected chi connectivity index (χ4v) is 3.25. The Morgan fingerprint density at radius 2 is 2.17 bits per heavy atom. The maximum Gasteiger partial charge on any atom is 0.129 e. The molecule has 1 N–H and O–H groups in total. The highest BCUT2D eigenvalue weighted by atomic mass is 15.3. The van der Waals surface area contributed by atoms with E-state index in [2.05, 4.69) is 43.1 Å². The summed E-state index contributed by atoms with van der Waals surface area (Å²) in [4.78, 5) is 7.39. The first-order valence-corrected chi connectivity index (χ1v) is 7.11. The SMILES string of the molecule is Cc1cc(C(C)C)nc(N2CC[C@H]3CNC[C@H]32)c1. The Labute approximate surface area is 110 Å². The summed E-state index contributed by atoms with van der Waals surface area (Å²) in [6.07, 6.45) is 1.31. The maximum absolute atomic E-state index is 4.87. The average Bonchev–Trinajstić information content (AvgIpc) is 2.89. The number of rotatable bonds is 2. The predicted molar refractivity (Wildman–Crippen MR) is 75.2 cm³/mol. The minimum absolute atomic E-state index is 0.503. The van der Waals surface area contributed by atoms with Crippen molar-refractivity contribution in [2.45, 2.75) is 39.2 Å². The van der Waals surface area contributed by atoms with Crippen molar-refractivity contribution in [2.75, 3.05) is 24.5 Å². The zero-order valence-electron chi connectivity index (χ0n) is 11.6. The van der Waals surface area contributed by atoms with Crippen LogP contribution in [0.1, 0.15) is 37.4 Å². The van der Waals surface area contributed by atoms with E-state index in [9.17, 15) is 0 Å². The number of pyridine rings is 1. The van der Waals surface area contributed by atoms with E-state index >= 15 is 0 Å². The third-order valence-corrected chi connectivity index (χ3v) is 4.31. The molecule has 0 aromatic carbocycles. The smallest absolute Gasteiger partial charge is 0.129 e. The minimum atomic E-state index is 0.503. The molecule has 1 aromatic heterocycles. The fraction of sp³-hybridized carbons (Fsp3) is 0.667. The average molecular weight is 245 g/mol. The number of hydrogen-bond acceptors (Lipinski definition) is 3. The second kappa shape index (κ2) is 4.54. The summed E-state index contributed by atoms with van der Waals surface area (Å²) in [5.41, 5.74) is 2.55. The Morgan fingerprint density at radius 1 is 1.33 bits per heavy atom. The molecule has 0 saturated carbocycles. The highest BCUT2D eigenvalue weighted by Crippen LogP contribution is 2.32. The predicted octanol–water partition coefficient (Wildman–Crippen LogP) is 2.31. The van der Waals surface area contributed by atoms with E-state index in [4.69, 9.17) is 4.98 Å². The summed E-state index contributed by atoms with van der Waals surface area (Å²) in [5, 5.41) is 3.51. The van der Waals surface area contributed by atoms with Gasteiger partial charge in [-0.1, -0.05) is 13.8 Å². The van der Waals surface area contributed by atoms with Gasteiger partial charge in [-0.05, 0) is 42.9 Å². The minimum Gasteiger partial charge on any atom is -0.352 e. The first kappa shape index (κ1) is 12.0. The van der Waals surface area contributed by atoms with Crippen LogP contribution in [0.4, 0.5) is 5.82 Å². The quantitative estimate of drug-likeness (QED) is 0.866. The van der Waals surface area contributed by atoms with Gasteiger partial charge in [-0.2, -0.15) is 0 Å². The zero-order chi connectivity index (χ0) is 12.7. The molecule has 1 aromatic rings.